The Kier molecular flexibility index (Phi) is 3.76. The van der Waals surface area contributed by atoms with E-state index in [0.29, 0.717) is 14.9 Å². The first kappa shape index (κ1) is 13.5. The Balaban J connectivity index is 2.42. The highest BCUT2D eigenvalue weighted by molar-refractivity contribution is 14.1. The van der Waals surface area contributed by atoms with Gasteiger partial charge in [0.2, 0.25) is 0 Å². The van der Waals surface area contributed by atoms with Crippen molar-refractivity contribution in [3.05, 3.63) is 39.1 Å². The largest absolute Gasteiger partial charge is 0.573 e. The van der Waals surface area contributed by atoms with Gasteiger partial charge in [0.15, 0.2) is 0 Å². The van der Waals surface area contributed by atoms with Gasteiger partial charge < -0.3 is 9.15 Å². The van der Waals surface area contributed by atoms with Gasteiger partial charge in [-0.3, -0.25) is 0 Å². The summed E-state index contributed by atoms with van der Waals surface area (Å²) in [4.78, 5) is 0. The lowest BCUT2D eigenvalue weighted by Gasteiger charge is -2.11. The van der Waals surface area contributed by atoms with Gasteiger partial charge >= 0.3 is 6.36 Å². The van der Waals surface area contributed by atoms with E-state index in [4.69, 9.17) is 16.0 Å². The summed E-state index contributed by atoms with van der Waals surface area (Å²) in [6, 6.07) is 5.70. The van der Waals surface area contributed by atoms with Gasteiger partial charge in [-0.1, -0.05) is 11.6 Å². The van der Waals surface area contributed by atoms with Crippen LogP contribution >= 0.6 is 34.2 Å². The van der Waals surface area contributed by atoms with Crippen LogP contribution in [-0.4, -0.2) is 6.36 Å². The fourth-order valence-corrected chi connectivity index (χ4v) is 2.72. The lowest BCUT2D eigenvalue weighted by atomic mass is 10.1. The zero-order valence-electron chi connectivity index (χ0n) is 8.59. The average molecular weight is 389 g/mol. The van der Waals surface area contributed by atoms with E-state index in [1.54, 1.807) is 12.1 Å². The molecular weight excluding hydrogens is 383 g/mol. The van der Waals surface area contributed by atoms with E-state index in [1.165, 1.54) is 12.3 Å². The van der Waals surface area contributed by atoms with E-state index in [2.05, 4.69) is 4.74 Å². The van der Waals surface area contributed by atoms with Gasteiger partial charge in [0.1, 0.15) is 11.5 Å². The molecule has 0 spiro atoms. The van der Waals surface area contributed by atoms with Crippen LogP contribution in [0.5, 0.6) is 5.75 Å². The van der Waals surface area contributed by atoms with Crippen molar-refractivity contribution < 1.29 is 22.3 Å². The van der Waals surface area contributed by atoms with E-state index < -0.39 is 6.36 Å². The molecule has 0 atom stereocenters. The van der Waals surface area contributed by atoms with Crippen LogP contribution in [0.3, 0.4) is 0 Å². The molecule has 0 aliphatic rings. The SMILES string of the molecule is FC(F)(F)Oc1cc(Cl)c(-c2ccco2)c(I)c1. The summed E-state index contributed by atoms with van der Waals surface area (Å²) in [7, 11) is 0. The fourth-order valence-electron chi connectivity index (χ4n) is 1.40. The Morgan fingerprint density at radius 1 is 1.28 bits per heavy atom. The summed E-state index contributed by atoms with van der Waals surface area (Å²) in [6.45, 7) is 0. The summed E-state index contributed by atoms with van der Waals surface area (Å²) in [6.07, 6.45) is -3.28. The van der Waals surface area contributed by atoms with E-state index in [1.807, 2.05) is 22.6 Å². The monoisotopic (exact) mass is 388 g/mol. The average Bonchev–Trinajstić information content (AvgIpc) is 2.66. The molecule has 0 aliphatic carbocycles. The number of furan rings is 1. The molecule has 2 aromatic rings. The molecule has 1 aromatic heterocycles. The second-order valence-corrected chi connectivity index (χ2v) is 4.86. The van der Waals surface area contributed by atoms with Crippen LogP contribution in [-0.2, 0) is 0 Å². The van der Waals surface area contributed by atoms with Crippen molar-refractivity contribution in [2.24, 2.45) is 0 Å². The standard InChI is InChI=1S/C11H5ClF3IO2/c12-7-4-6(18-11(13,14)15)5-8(16)10(7)9-2-1-3-17-9/h1-5H. The first-order valence-corrected chi connectivity index (χ1v) is 6.11. The number of hydrogen-bond donors (Lipinski definition) is 0. The summed E-state index contributed by atoms with van der Waals surface area (Å²) in [5, 5.41) is 0.135. The van der Waals surface area contributed by atoms with Gasteiger partial charge in [-0.2, -0.15) is 0 Å². The van der Waals surface area contributed by atoms with Crippen LogP contribution in [0, 0.1) is 3.57 Å². The molecular formula is C11H5ClF3IO2. The van der Waals surface area contributed by atoms with E-state index in [0.717, 1.165) is 6.07 Å². The quantitative estimate of drug-likeness (QED) is 0.668. The predicted octanol–water partition coefficient (Wildman–Crippen LogP) is 5.10. The Morgan fingerprint density at radius 2 is 2.00 bits per heavy atom. The van der Waals surface area contributed by atoms with Crippen molar-refractivity contribution in [1.82, 2.24) is 0 Å². The van der Waals surface area contributed by atoms with E-state index >= 15 is 0 Å². The molecule has 0 aliphatic heterocycles. The van der Waals surface area contributed by atoms with Crippen molar-refractivity contribution in [2.75, 3.05) is 0 Å². The first-order valence-electron chi connectivity index (χ1n) is 4.65. The Morgan fingerprint density at radius 3 is 2.50 bits per heavy atom. The summed E-state index contributed by atoms with van der Waals surface area (Å²) in [5.41, 5.74) is 0.539. The van der Waals surface area contributed by atoms with Crippen molar-refractivity contribution in [3.8, 4) is 17.1 Å². The molecule has 7 heteroatoms. The predicted molar refractivity (Wildman–Crippen MR) is 68.6 cm³/mol. The van der Waals surface area contributed by atoms with E-state index in [-0.39, 0.29) is 10.8 Å². The molecule has 18 heavy (non-hydrogen) atoms. The first-order chi connectivity index (χ1) is 8.37. The maximum Gasteiger partial charge on any atom is 0.573 e. The van der Waals surface area contributed by atoms with Gasteiger partial charge in [-0.25, -0.2) is 0 Å². The molecule has 0 N–H and O–H groups in total. The number of halogens is 5. The lowest BCUT2D eigenvalue weighted by Crippen LogP contribution is -2.17. The van der Waals surface area contributed by atoms with Crippen molar-refractivity contribution in [2.45, 2.75) is 6.36 Å². The smallest absolute Gasteiger partial charge is 0.464 e. The number of benzene rings is 1. The second kappa shape index (κ2) is 5.00. The lowest BCUT2D eigenvalue weighted by molar-refractivity contribution is -0.274. The van der Waals surface area contributed by atoms with Crippen LogP contribution in [0.2, 0.25) is 5.02 Å². The van der Waals surface area contributed by atoms with Gasteiger partial charge in [-0.05, 0) is 46.9 Å². The Hall–Kier alpha value is -0.890. The zero-order valence-corrected chi connectivity index (χ0v) is 11.5. The minimum absolute atomic E-state index is 0.135. The minimum atomic E-state index is -4.74. The molecule has 0 saturated heterocycles. The maximum atomic E-state index is 12.1. The molecule has 1 aromatic carbocycles. The highest BCUT2D eigenvalue weighted by Crippen LogP contribution is 2.37. The van der Waals surface area contributed by atoms with Gasteiger partial charge in [-0.15, -0.1) is 13.2 Å². The third-order valence-corrected chi connectivity index (χ3v) is 3.17. The third-order valence-electron chi connectivity index (χ3n) is 2.02. The van der Waals surface area contributed by atoms with Crippen LogP contribution in [0.1, 0.15) is 0 Å². The van der Waals surface area contributed by atoms with Crippen LogP contribution in [0.4, 0.5) is 13.2 Å². The summed E-state index contributed by atoms with van der Waals surface area (Å²) < 4.78 is 45.8. The van der Waals surface area contributed by atoms with Crippen LogP contribution < -0.4 is 4.74 Å². The molecule has 0 unspecified atom stereocenters. The molecule has 96 valence electrons. The molecule has 1 heterocycles. The molecule has 0 saturated carbocycles. The number of ether oxygens (including phenoxy) is 1. The van der Waals surface area contributed by atoms with Crippen molar-refractivity contribution in [1.29, 1.82) is 0 Å². The number of rotatable bonds is 2. The highest BCUT2D eigenvalue weighted by atomic mass is 127. The molecule has 2 rings (SSSR count). The van der Waals surface area contributed by atoms with Gasteiger partial charge in [0.25, 0.3) is 0 Å². The van der Waals surface area contributed by atoms with Crippen LogP contribution in [0.15, 0.2) is 34.9 Å². The van der Waals surface area contributed by atoms with E-state index in [9.17, 15) is 13.2 Å². The zero-order chi connectivity index (χ0) is 13.3. The van der Waals surface area contributed by atoms with Gasteiger partial charge in [0.05, 0.1) is 11.3 Å². The maximum absolute atomic E-state index is 12.1. The molecule has 2 nitrogen and oxygen atoms in total. The Labute approximate surface area is 119 Å². The topological polar surface area (TPSA) is 22.4 Å². The number of hydrogen-bond acceptors (Lipinski definition) is 2. The van der Waals surface area contributed by atoms with Crippen molar-refractivity contribution in [3.63, 3.8) is 0 Å². The molecule has 0 bridgehead atoms. The molecule has 0 amide bonds. The van der Waals surface area contributed by atoms with Crippen LogP contribution in [0.25, 0.3) is 11.3 Å². The normalized spacial score (nSPS) is 11.6. The number of alkyl halides is 3. The van der Waals surface area contributed by atoms with Crippen molar-refractivity contribution >= 4 is 34.2 Å². The minimum Gasteiger partial charge on any atom is -0.464 e. The second-order valence-electron chi connectivity index (χ2n) is 3.29. The highest BCUT2D eigenvalue weighted by Gasteiger charge is 2.31. The van der Waals surface area contributed by atoms with Gasteiger partial charge in [0, 0.05) is 9.13 Å². The molecule has 0 radical (unpaired) electrons. The fraction of sp³-hybridized carbons (Fsp3) is 0.0909. The Bertz CT molecular complexity index is 529. The summed E-state index contributed by atoms with van der Waals surface area (Å²) in [5.74, 6) is 0.134. The molecule has 0 fully saturated rings. The third kappa shape index (κ3) is 3.11. The summed E-state index contributed by atoms with van der Waals surface area (Å²) >= 11 is 7.82.